The van der Waals surface area contributed by atoms with Gasteiger partial charge in [-0.1, -0.05) is 56.3 Å². The zero-order valence-electron chi connectivity index (χ0n) is 14.3. The summed E-state index contributed by atoms with van der Waals surface area (Å²) in [5.74, 6) is -0.484. The van der Waals surface area contributed by atoms with Crippen molar-refractivity contribution < 1.29 is 18.0 Å². The lowest BCUT2D eigenvalue weighted by molar-refractivity contribution is -0.114. The van der Waals surface area contributed by atoms with Crippen LogP contribution in [-0.2, 0) is 4.79 Å². The number of halogens is 3. The van der Waals surface area contributed by atoms with Gasteiger partial charge in [-0.05, 0) is 35.3 Å². The number of hydrogen-bond donors (Lipinski definition) is 0. The van der Waals surface area contributed by atoms with Crippen LogP contribution in [0.25, 0.3) is 6.08 Å². The van der Waals surface area contributed by atoms with E-state index in [-0.39, 0.29) is 5.69 Å². The van der Waals surface area contributed by atoms with Crippen molar-refractivity contribution in [3.05, 3.63) is 71.3 Å². The van der Waals surface area contributed by atoms with Crippen molar-refractivity contribution in [2.24, 2.45) is 5.10 Å². The second-order valence-corrected chi connectivity index (χ2v) is 6.28. The van der Waals surface area contributed by atoms with Crippen molar-refractivity contribution in [3.8, 4) is 0 Å². The summed E-state index contributed by atoms with van der Waals surface area (Å²) in [6.45, 7) is 4.06. The molecule has 2 aromatic carbocycles. The number of para-hydroxylation sites is 1. The van der Waals surface area contributed by atoms with Crippen LogP contribution in [0.3, 0.4) is 0 Å². The van der Waals surface area contributed by atoms with E-state index in [1.54, 1.807) is 30.3 Å². The third-order valence-electron chi connectivity index (χ3n) is 4.06. The highest BCUT2D eigenvalue weighted by atomic mass is 19.4. The lowest BCUT2D eigenvalue weighted by Crippen LogP contribution is -2.25. The van der Waals surface area contributed by atoms with Crippen LogP contribution in [0, 0.1) is 0 Å². The molecule has 0 spiro atoms. The lowest BCUT2D eigenvalue weighted by atomic mass is 10.00. The number of alkyl halides is 3. The van der Waals surface area contributed by atoms with Crippen LogP contribution >= 0.6 is 0 Å². The molecule has 0 atom stereocenters. The summed E-state index contributed by atoms with van der Waals surface area (Å²) in [7, 11) is 0. The van der Waals surface area contributed by atoms with Gasteiger partial charge in [0.2, 0.25) is 0 Å². The molecule has 1 aliphatic rings. The monoisotopic (exact) mass is 358 g/mol. The summed E-state index contributed by atoms with van der Waals surface area (Å²) in [6, 6.07) is 15.2. The predicted octanol–water partition coefficient (Wildman–Crippen LogP) is 5.16. The third kappa shape index (κ3) is 3.54. The first-order valence-electron chi connectivity index (χ1n) is 8.14. The maximum Gasteiger partial charge on any atom is 0.435 e. The molecule has 3 nitrogen and oxygen atoms in total. The molecule has 0 fully saturated rings. The molecule has 0 aromatic heterocycles. The maximum absolute atomic E-state index is 13.4. The third-order valence-corrected chi connectivity index (χ3v) is 4.06. The van der Waals surface area contributed by atoms with E-state index in [9.17, 15) is 18.0 Å². The largest absolute Gasteiger partial charge is 0.435 e. The van der Waals surface area contributed by atoms with Crippen LogP contribution in [0.15, 0.2) is 65.3 Å². The average molecular weight is 358 g/mol. The van der Waals surface area contributed by atoms with Crippen molar-refractivity contribution in [1.29, 1.82) is 0 Å². The molecular formula is C20H17F3N2O. The zero-order chi connectivity index (χ0) is 18.9. The number of anilines is 1. The number of amides is 1. The summed E-state index contributed by atoms with van der Waals surface area (Å²) in [5, 5.41) is 4.33. The smallest absolute Gasteiger partial charge is 0.267 e. The summed E-state index contributed by atoms with van der Waals surface area (Å²) >= 11 is 0. The molecule has 0 radical (unpaired) electrons. The number of nitrogens with zero attached hydrogens (tertiary/aromatic N) is 2. The second-order valence-electron chi connectivity index (χ2n) is 6.28. The molecule has 3 rings (SSSR count). The maximum atomic E-state index is 13.4. The van der Waals surface area contributed by atoms with E-state index >= 15 is 0 Å². The van der Waals surface area contributed by atoms with Gasteiger partial charge in [0.1, 0.15) is 0 Å². The van der Waals surface area contributed by atoms with Gasteiger partial charge in [-0.3, -0.25) is 4.79 Å². The van der Waals surface area contributed by atoms with Crippen LogP contribution in [-0.4, -0.2) is 17.8 Å². The molecule has 134 valence electrons. The Morgan fingerprint density at radius 2 is 1.62 bits per heavy atom. The molecule has 1 amide bonds. The molecule has 1 heterocycles. The number of carbonyl (C=O) groups is 1. The highest BCUT2D eigenvalue weighted by molar-refractivity contribution is 6.34. The fourth-order valence-electron chi connectivity index (χ4n) is 2.64. The van der Waals surface area contributed by atoms with Crippen molar-refractivity contribution in [2.45, 2.75) is 25.9 Å². The molecule has 0 unspecified atom stereocenters. The van der Waals surface area contributed by atoms with Crippen molar-refractivity contribution in [1.82, 2.24) is 0 Å². The van der Waals surface area contributed by atoms with Crippen LogP contribution in [0.2, 0.25) is 0 Å². The predicted molar refractivity (Wildman–Crippen MR) is 95.9 cm³/mol. The van der Waals surface area contributed by atoms with Gasteiger partial charge in [-0.2, -0.15) is 23.3 Å². The van der Waals surface area contributed by atoms with E-state index in [4.69, 9.17) is 0 Å². The summed E-state index contributed by atoms with van der Waals surface area (Å²) < 4.78 is 40.2. The topological polar surface area (TPSA) is 32.7 Å². The van der Waals surface area contributed by atoms with E-state index < -0.39 is 23.4 Å². The molecule has 26 heavy (non-hydrogen) atoms. The van der Waals surface area contributed by atoms with Gasteiger partial charge in [0.05, 0.1) is 11.3 Å². The minimum atomic E-state index is -4.72. The molecule has 1 aliphatic heterocycles. The molecule has 0 saturated heterocycles. The highest BCUT2D eigenvalue weighted by Crippen LogP contribution is 2.32. The van der Waals surface area contributed by atoms with E-state index in [1.807, 2.05) is 26.0 Å². The first-order valence-corrected chi connectivity index (χ1v) is 8.14. The van der Waals surface area contributed by atoms with Crippen LogP contribution < -0.4 is 5.01 Å². The van der Waals surface area contributed by atoms with Gasteiger partial charge in [-0.15, -0.1) is 0 Å². The molecule has 0 aliphatic carbocycles. The van der Waals surface area contributed by atoms with Gasteiger partial charge in [0, 0.05) is 0 Å². The fraction of sp³-hybridized carbons (Fsp3) is 0.200. The Morgan fingerprint density at radius 3 is 2.15 bits per heavy atom. The average Bonchev–Trinajstić information content (AvgIpc) is 2.93. The number of benzene rings is 2. The van der Waals surface area contributed by atoms with Gasteiger partial charge in [0.25, 0.3) is 5.91 Å². The first-order chi connectivity index (χ1) is 12.3. The SMILES string of the molecule is CC(C)c1ccc(/C=C2\C(=O)N(c3ccccc3)N=C2C(F)(F)F)cc1. The van der Waals surface area contributed by atoms with Crippen LogP contribution in [0.4, 0.5) is 18.9 Å². The normalized spacial score (nSPS) is 16.5. The van der Waals surface area contributed by atoms with Crippen molar-refractivity contribution in [2.75, 3.05) is 5.01 Å². The number of hydrogen-bond acceptors (Lipinski definition) is 2. The first kappa shape index (κ1) is 17.9. The molecule has 0 bridgehead atoms. The summed E-state index contributed by atoms with van der Waals surface area (Å²) in [6.07, 6.45) is -3.48. The molecule has 0 N–H and O–H groups in total. The summed E-state index contributed by atoms with van der Waals surface area (Å²) in [4.78, 5) is 12.6. The van der Waals surface area contributed by atoms with Crippen LogP contribution in [0.1, 0.15) is 30.9 Å². The highest BCUT2D eigenvalue weighted by Gasteiger charge is 2.46. The van der Waals surface area contributed by atoms with Crippen LogP contribution in [0.5, 0.6) is 0 Å². The number of rotatable bonds is 3. The van der Waals surface area contributed by atoms with Gasteiger partial charge < -0.3 is 0 Å². The minimum absolute atomic E-state index is 0.290. The van der Waals surface area contributed by atoms with Gasteiger partial charge in [0.15, 0.2) is 5.71 Å². The Bertz CT molecular complexity index is 866. The van der Waals surface area contributed by atoms with Crippen molar-refractivity contribution >= 4 is 23.4 Å². The van der Waals surface area contributed by atoms with Gasteiger partial charge >= 0.3 is 6.18 Å². The van der Waals surface area contributed by atoms with E-state index in [1.165, 1.54) is 18.2 Å². The van der Waals surface area contributed by atoms with E-state index in [0.717, 1.165) is 10.6 Å². The minimum Gasteiger partial charge on any atom is -0.267 e. The number of hydrazone groups is 1. The molecule has 6 heteroatoms. The van der Waals surface area contributed by atoms with E-state index in [2.05, 4.69) is 5.10 Å². The fourth-order valence-corrected chi connectivity index (χ4v) is 2.64. The standard InChI is InChI=1S/C20H17F3N2O/c1-13(2)15-10-8-14(9-11-15)12-17-18(20(21,22)23)24-25(19(17)26)16-6-4-3-5-7-16/h3-13H,1-2H3/b17-12-. The Hall–Kier alpha value is -2.89. The Kier molecular flexibility index (Phi) is 4.68. The van der Waals surface area contributed by atoms with Crippen molar-refractivity contribution in [3.63, 3.8) is 0 Å². The lowest BCUT2D eigenvalue weighted by Gasteiger charge is -2.11. The molecule has 2 aromatic rings. The summed E-state index contributed by atoms with van der Waals surface area (Å²) in [5.41, 5.74) is 0.237. The zero-order valence-corrected chi connectivity index (χ0v) is 14.3. The van der Waals surface area contributed by atoms with E-state index in [0.29, 0.717) is 11.5 Å². The molecule has 0 saturated carbocycles. The molecular weight excluding hydrogens is 341 g/mol. The second kappa shape index (κ2) is 6.78. The quantitative estimate of drug-likeness (QED) is 0.698. The Balaban J connectivity index is 2.02. The van der Waals surface area contributed by atoms with Gasteiger partial charge in [-0.25, -0.2) is 0 Å². The number of carbonyl (C=O) groups excluding carboxylic acids is 1. The Labute approximate surface area is 149 Å². The Morgan fingerprint density at radius 1 is 1.00 bits per heavy atom.